The summed E-state index contributed by atoms with van der Waals surface area (Å²) >= 11 is 1.78. The SMILES string of the molecule is CNc1sc2c(c1C#N)CN(CCC1CCCCC1)C(C)C2. The molecule has 1 atom stereocenters. The van der Waals surface area contributed by atoms with Gasteiger partial charge in [-0.05, 0) is 32.2 Å². The van der Waals surface area contributed by atoms with Crippen LogP contribution in [0.25, 0.3) is 0 Å². The highest BCUT2D eigenvalue weighted by Crippen LogP contribution is 2.38. The van der Waals surface area contributed by atoms with Crippen molar-refractivity contribution in [2.24, 2.45) is 5.92 Å². The first kappa shape index (κ1) is 15.8. The highest BCUT2D eigenvalue weighted by molar-refractivity contribution is 7.16. The van der Waals surface area contributed by atoms with E-state index in [-0.39, 0.29) is 0 Å². The van der Waals surface area contributed by atoms with Gasteiger partial charge in [-0.25, -0.2) is 0 Å². The van der Waals surface area contributed by atoms with Gasteiger partial charge in [-0.15, -0.1) is 11.3 Å². The van der Waals surface area contributed by atoms with Gasteiger partial charge in [-0.1, -0.05) is 32.1 Å². The van der Waals surface area contributed by atoms with E-state index in [1.165, 1.54) is 55.5 Å². The minimum atomic E-state index is 0.603. The Morgan fingerprint density at radius 1 is 1.32 bits per heavy atom. The molecule has 1 aliphatic heterocycles. The monoisotopic (exact) mass is 317 g/mol. The van der Waals surface area contributed by atoms with Crippen molar-refractivity contribution in [3.8, 4) is 6.07 Å². The fourth-order valence-corrected chi connectivity index (χ4v) is 5.25. The molecule has 2 heterocycles. The average Bonchev–Trinajstić information content (AvgIpc) is 2.90. The summed E-state index contributed by atoms with van der Waals surface area (Å²) in [4.78, 5) is 4.02. The molecule has 4 heteroatoms. The zero-order valence-electron chi connectivity index (χ0n) is 13.8. The van der Waals surface area contributed by atoms with E-state index in [1.807, 2.05) is 7.05 Å². The zero-order chi connectivity index (χ0) is 15.5. The number of nitriles is 1. The number of fused-ring (bicyclic) bond motifs is 1. The number of rotatable bonds is 4. The number of thiophene rings is 1. The Morgan fingerprint density at radius 3 is 2.77 bits per heavy atom. The van der Waals surface area contributed by atoms with Gasteiger partial charge in [0, 0.05) is 30.1 Å². The van der Waals surface area contributed by atoms with Gasteiger partial charge in [0.15, 0.2) is 0 Å². The van der Waals surface area contributed by atoms with E-state index in [9.17, 15) is 5.26 Å². The molecule has 1 aliphatic carbocycles. The molecular weight excluding hydrogens is 290 g/mol. The van der Waals surface area contributed by atoms with E-state index in [0.29, 0.717) is 6.04 Å². The Balaban J connectivity index is 1.67. The number of hydrogen-bond donors (Lipinski definition) is 1. The summed E-state index contributed by atoms with van der Waals surface area (Å²) in [5.74, 6) is 0.938. The lowest BCUT2D eigenvalue weighted by atomic mass is 9.86. The minimum Gasteiger partial charge on any atom is -0.379 e. The Kier molecular flexibility index (Phi) is 5.05. The van der Waals surface area contributed by atoms with E-state index < -0.39 is 0 Å². The summed E-state index contributed by atoms with van der Waals surface area (Å²) in [5.41, 5.74) is 2.18. The Bertz CT molecular complexity index is 551. The van der Waals surface area contributed by atoms with Gasteiger partial charge in [0.05, 0.1) is 5.56 Å². The van der Waals surface area contributed by atoms with Crippen LogP contribution in [0.5, 0.6) is 0 Å². The van der Waals surface area contributed by atoms with Gasteiger partial charge < -0.3 is 5.32 Å². The molecule has 0 amide bonds. The lowest BCUT2D eigenvalue weighted by Gasteiger charge is -2.35. The van der Waals surface area contributed by atoms with Gasteiger partial charge in [-0.2, -0.15) is 5.26 Å². The fraction of sp³-hybridized carbons (Fsp3) is 0.722. The van der Waals surface area contributed by atoms with E-state index in [0.717, 1.165) is 29.4 Å². The standard InChI is InChI=1S/C18H27N3S/c1-13-10-17-16(15(11-19)18(20-2)22-17)12-21(13)9-8-14-6-4-3-5-7-14/h13-14,20H,3-10,12H2,1-2H3. The van der Waals surface area contributed by atoms with Crippen LogP contribution in [0.15, 0.2) is 0 Å². The van der Waals surface area contributed by atoms with Gasteiger partial charge in [-0.3, -0.25) is 4.90 Å². The van der Waals surface area contributed by atoms with Crippen molar-refractivity contribution in [1.29, 1.82) is 5.26 Å². The Hall–Kier alpha value is -1.05. The molecule has 1 saturated carbocycles. The third kappa shape index (κ3) is 3.16. The highest BCUT2D eigenvalue weighted by atomic mass is 32.1. The first-order valence-corrected chi connectivity index (χ1v) is 9.51. The van der Waals surface area contributed by atoms with Crippen molar-refractivity contribution < 1.29 is 0 Å². The average molecular weight is 318 g/mol. The number of anilines is 1. The first-order chi connectivity index (χ1) is 10.7. The Labute approximate surface area is 138 Å². The van der Waals surface area contributed by atoms with Gasteiger partial charge >= 0.3 is 0 Å². The molecule has 120 valence electrons. The molecule has 1 N–H and O–H groups in total. The van der Waals surface area contributed by atoms with Gasteiger partial charge in [0.25, 0.3) is 0 Å². The van der Waals surface area contributed by atoms with Crippen LogP contribution in [-0.2, 0) is 13.0 Å². The van der Waals surface area contributed by atoms with Crippen LogP contribution in [0.2, 0.25) is 0 Å². The molecule has 3 rings (SSSR count). The summed E-state index contributed by atoms with van der Waals surface area (Å²) in [5, 5.41) is 13.7. The summed E-state index contributed by atoms with van der Waals surface area (Å²) < 4.78 is 0. The van der Waals surface area contributed by atoms with Crippen LogP contribution in [-0.4, -0.2) is 24.5 Å². The van der Waals surface area contributed by atoms with Crippen molar-refractivity contribution in [3.63, 3.8) is 0 Å². The second kappa shape index (κ2) is 7.02. The molecule has 3 nitrogen and oxygen atoms in total. The van der Waals surface area contributed by atoms with Gasteiger partial charge in [0.1, 0.15) is 11.1 Å². The Morgan fingerprint density at radius 2 is 2.09 bits per heavy atom. The molecule has 1 unspecified atom stereocenters. The molecule has 0 bridgehead atoms. The van der Waals surface area contributed by atoms with Crippen molar-refractivity contribution in [1.82, 2.24) is 4.90 Å². The predicted molar refractivity (Wildman–Crippen MR) is 93.3 cm³/mol. The minimum absolute atomic E-state index is 0.603. The zero-order valence-corrected chi connectivity index (χ0v) is 14.6. The molecule has 0 saturated heterocycles. The normalized spacial score (nSPS) is 23.0. The van der Waals surface area contributed by atoms with Crippen LogP contribution in [0, 0.1) is 17.2 Å². The van der Waals surface area contributed by atoms with Crippen molar-refractivity contribution in [3.05, 3.63) is 16.0 Å². The number of nitrogens with one attached hydrogen (secondary N) is 1. The first-order valence-electron chi connectivity index (χ1n) is 8.69. The lowest BCUT2D eigenvalue weighted by molar-refractivity contribution is 0.165. The van der Waals surface area contributed by atoms with E-state index in [2.05, 4.69) is 23.2 Å². The fourth-order valence-electron chi connectivity index (χ4n) is 4.02. The maximum Gasteiger partial charge on any atom is 0.107 e. The molecule has 2 aliphatic rings. The maximum atomic E-state index is 9.48. The molecular formula is C18H27N3S. The highest BCUT2D eigenvalue weighted by Gasteiger charge is 2.29. The quantitative estimate of drug-likeness (QED) is 0.896. The molecule has 22 heavy (non-hydrogen) atoms. The van der Waals surface area contributed by atoms with Crippen LogP contribution in [0.4, 0.5) is 5.00 Å². The van der Waals surface area contributed by atoms with E-state index in [4.69, 9.17) is 0 Å². The van der Waals surface area contributed by atoms with E-state index in [1.54, 1.807) is 11.3 Å². The third-order valence-electron chi connectivity index (χ3n) is 5.44. The molecule has 0 aromatic carbocycles. The van der Waals surface area contributed by atoms with Crippen LogP contribution in [0.1, 0.15) is 61.5 Å². The molecule has 1 aromatic rings. The van der Waals surface area contributed by atoms with Crippen molar-refractivity contribution >= 4 is 16.3 Å². The van der Waals surface area contributed by atoms with Gasteiger partial charge in [0.2, 0.25) is 0 Å². The van der Waals surface area contributed by atoms with Crippen molar-refractivity contribution in [2.75, 3.05) is 18.9 Å². The second-order valence-corrected chi connectivity index (χ2v) is 7.99. The van der Waals surface area contributed by atoms with Crippen molar-refractivity contribution in [2.45, 2.75) is 64.5 Å². The third-order valence-corrected chi connectivity index (χ3v) is 6.72. The number of nitrogens with zero attached hydrogens (tertiary/aromatic N) is 2. The summed E-state index contributed by atoms with van der Waals surface area (Å²) in [6.45, 7) is 4.50. The van der Waals surface area contributed by atoms with Crippen LogP contribution >= 0.6 is 11.3 Å². The second-order valence-electron chi connectivity index (χ2n) is 6.89. The summed E-state index contributed by atoms with van der Waals surface area (Å²) in [6.07, 6.45) is 9.59. The number of hydrogen-bond acceptors (Lipinski definition) is 4. The predicted octanol–water partition coefficient (Wildman–Crippen LogP) is 4.38. The van der Waals surface area contributed by atoms with E-state index >= 15 is 0 Å². The van der Waals surface area contributed by atoms with Crippen LogP contribution < -0.4 is 5.32 Å². The smallest absolute Gasteiger partial charge is 0.107 e. The van der Waals surface area contributed by atoms with Crippen LogP contribution in [0.3, 0.4) is 0 Å². The summed E-state index contributed by atoms with van der Waals surface area (Å²) in [7, 11) is 1.92. The molecule has 1 fully saturated rings. The lowest BCUT2D eigenvalue weighted by Crippen LogP contribution is -2.39. The maximum absolute atomic E-state index is 9.48. The summed E-state index contributed by atoms with van der Waals surface area (Å²) in [6, 6.07) is 3.02. The molecule has 0 radical (unpaired) electrons. The topological polar surface area (TPSA) is 39.1 Å². The largest absolute Gasteiger partial charge is 0.379 e. The molecule has 1 aromatic heterocycles. The molecule has 0 spiro atoms.